The molecule has 1 aromatic carbocycles. The Morgan fingerprint density at radius 2 is 2.00 bits per heavy atom. The van der Waals surface area contributed by atoms with Crippen LogP contribution in [0.5, 0.6) is 5.75 Å². The summed E-state index contributed by atoms with van der Waals surface area (Å²) in [6.45, 7) is 0.349. The highest BCUT2D eigenvalue weighted by Crippen LogP contribution is 2.29. The number of methoxy groups -OCH3 is 1. The van der Waals surface area contributed by atoms with Crippen LogP contribution >= 0.6 is 0 Å². The van der Waals surface area contributed by atoms with E-state index in [1.165, 1.54) is 19.2 Å². The van der Waals surface area contributed by atoms with Crippen LogP contribution in [-0.4, -0.2) is 51.6 Å². The Morgan fingerprint density at radius 3 is 2.52 bits per heavy atom. The van der Waals surface area contributed by atoms with E-state index in [9.17, 15) is 26.4 Å². The largest absolute Gasteiger partial charge is 0.495 e. The van der Waals surface area contributed by atoms with Gasteiger partial charge in [-0.1, -0.05) is 13.3 Å². The van der Waals surface area contributed by atoms with E-state index in [4.69, 9.17) is 4.74 Å². The molecule has 1 fully saturated rings. The SMILES string of the molecule is CCCCN(CC(F)(F)F)C(=O)c1ccc(OC)c(S(=O)(=O)NC2CC2)c1. The molecule has 0 aliphatic heterocycles. The molecule has 10 heteroatoms. The maximum absolute atomic E-state index is 12.8. The Kier molecular flexibility index (Phi) is 6.74. The summed E-state index contributed by atoms with van der Waals surface area (Å²) in [4.78, 5) is 13.0. The first-order valence-corrected chi connectivity index (χ1v) is 10.1. The van der Waals surface area contributed by atoms with Gasteiger partial charge in [-0.15, -0.1) is 0 Å². The zero-order valence-corrected chi connectivity index (χ0v) is 16.0. The predicted molar refractivity (Wildman–Crippen MR) is 93.2 cm³/mol. The van der Waals surface area contributed by atoms with Crippen molar-refractivity contribution < 1.29 is 31.1 Å². The number of unbranched alkanes of at least 4 members (excludes halogenated alkanes) is 1. The van der Waals surface area contributed by atoms with Gasteiger partial charge in [-0.3, -0.25) is 4.79 Å². The lowest BCUT2D eigenvalue weighted by atomic mass is 10.1. The first kappa shape index (κ1) is 21.5. The molecule has 6 nitrogen and oxygen atoms in total. The Balaban J connectivity index is 2.34. The number of halogens is 3. The maximum Gasteiger partial charge on any atom is 0.406 e. The molecule has 1 aliphatic carbocycles. The quantitative estimate of drug-likeness (QED) is 0.682. The molecule has 0 heterocycles. The van der Waals surface area contributed by atoms with Gasteiger partial charge in [0.05, 0.1) is 7.11 Å². The van der Waals surface area contributed by atoms with Crippen LogP contribution in [0.15, 0.2) is 23.1 Å². The number of alkyl halides is 3. The number of ether oxygens (including phenoxy) is 1. The molecular formula is C17H23F3N2O4S. The Morgan fingerprint density at radius 1 is 1.33 bits per heavy atom. The monoisotopic (exact) mass is 408 g/mol. The van der Waals surface area contributed by atoms with Crippen LogP contribution in [0, 0.1) is 0 Å². The highest BCUT2D eigenvalue weighted by atomic mass is 32.2. The van der Waals surface area contributed by atoms with Crippen LogP contribution in [0.2, 0.25) is 0 Å². The van der Waals surface area contributed by atoms with Gasteiger partial charge >= 0.3 is 6.18 Å². The number of hydrogen-bond donors (Lipinski definition) is 1. The minimum atomic E-state index is -4.54. The molecule has 0 aromatic heterocycles. The summed E-state index contributed by atoms with van der Waals surface area (Å²) >= 11 is 0. The molecule has 1 aromatic rings. The fourth-order valence-corrected chi connectivity index (χ4v) is 4.00. The third-order valence-corrected chi connectivity index (χ3v) is 5.58. The fourth-order valence-electron chi connectivity index (χ4n) is 2.50. The van der Waals surface area contributed by atoms with E-state index in [-0.39, 0.29) is 28.8 Å². The summed E-state index contributed by atoms with van der Waals surface area (Å²) in [5, 5.41) is 0. The second-order valence-corrected chi connectivity index (χ2v) is 8.14. The molecule has 2 rings (SSSR count). The van der Waals surface area contributed by atoms with Crippen molar-refractivity contribution in [2.24, 2.45) is 0 Å². The van der Waals surface area contributed by atoms with E-state index >= 15 is 0 Å². The lowest BCUT2D eigenvalue weighted by Crippen LogP contribution is -2.39. The lowest BCUT2D eigenvalue weighted by Gasteiger charge is -2.24. The van der Waals surface area contributed by atoms with Crippen LogP contribution in [0.3, 0.4) is 0 Å². The molecule has 0 atom stereocenters. The first-order chi connectivity index (χ1) is 12.6. The van der Waals surface area contributed by atoms with Crippen molar-refractivity contribution in [2.75, 3.05) is 20.2 Å². The number of carbonyl (C=O) groups excluding carboxylic acids is 1. The van der Waals surface area contributed by atoms with Crippen molar-refractivity contribution in [1.82, 2.24) is 9.62 Å². The van der Waals surface area contributed by atoms with Gasteiger partial charge in [0.15, 0.2) is 0 Å². The lowest BCUT2D eigenvalue weighted by molar-refractivity contribution is -0.140. The van der Waals surface area contributed by atoms with Crippen molar-refractivity contribution in [2.45, 2.75) is 49.7 Å². The number of rotatable bonds is 9. The third-order valence-electron chi connectivity index (χ3n) is 4.04. The number of nitrogens with one attached hydrogen (secondary N) is 1. The van der Waals surface area contributed by atoms with Crippen molar-refractivity contribution in [3.05, 3.63) is 23.8 Å². The van der Waals surface area contributed by atoms with Gasteiger partial charge in [-0.25, -0.2) is 13.1 Å². The second kappa shape index (κ2) is 8.47. The van der Waals surface area contributed by atoms with Crippen molar-refractivity contribution in [3.8, 4) is 5.75 Å². The molecule has 0 unspecified atom stereocenters. The van der Waals surface area contributed by atoms with E-state index < -0.39 is 28.7 Å². The predicted octanol–water partition coefficient (Wildman–Crippen LogP) is 2.94. The van der Waals surface area contributed by atoms with Gasteiger partial charge in [0, 0.05) is 18.2 Å². The van der Waals surface area contributed by atoms with Gasteiger partial charge < -0.3 is 9.64 Å². The topological polar surface area (TPSA) is 75.7 Å². The van der Waals surface area contributed by atoms with Crippen molar-refractivity contribution in [1.29, 1.82) is 0 Å². The number of benzene rings is 1. The zero-order valence-electron chi connectivity index (χ0n) is 15.2. The summed E-state index contributed by atoms with van der Waals surface area (Å²) in [5.41, 5.74) is -0.132. The molecular weight excluding hydrogens is 385 g/mol. The Hall–Kier alpha value is -1.81. The van der Waals surface area contributed by atoms with Gasteiger partial charge in [0.1, 0.15) is 17.2 Å². The summed E-state index contributed by atoms with van der Waals surface area (Å²) in [6.07, 6.45) is -2.08. The van der Waals surface area contributed by atoms with Crippen LogP contribution in [0.25, 0.3) is 0 Å². The fraction of sp³-hybridized carbons (Fsp3) is 0.588. The highest BCUT2D eigenvalue weighted by molar-refractivity contribution is 7.89. The Labute approximate surface area is 156 Å². The smallest absolute Gasteiger partial charge is 0.406 e. The third kappa shape index (κ3) is 6.10. The molecule has 0 saturated heterocycles. The van der Waals surface area contributed by atoms with E-state index in [1.54, 1.807) is 6.92 Å². The molecule has 27 heavy (non-hydrogen) atoms. The number of hydrogen-bond acceptors (Lipinski definition) is 4. The molecule has 152 valence electrons. The van der Waals surface area contributed by atoms with Gasteiger partial charge in [-0.2, -0.15) is 13.2 Å². The molecule has 1 saturated carbocycles. The average Bonchev–Trinajstić information content (AvgIpc) is 3.39. The Bertz CT molecular complexity index is 777. The standard InChI is InChI=1S/C17H23F3N2O4S/c1-3-4-9-22(11-17(18,19)20)16(23)12-5-8-14(26-2)15(10-12)27(24,25)21-13-6-7-13/h5,8,10,13,21H,3-4,6-7,9,11H2,1-2H3. The summed E-state index contributed by atoms with van der Waals surface area (Å²) in [5.74, 6) is -0.845. The molecule has 0 radical (unpaired) electrons. The minimum absolute atomic E-state index is 0.0237. The summed E-state index contributed by atoms with van der Waals surface area (Å²) in [6, 6.07) is 3.46. The average molecular weight is 408 g/mol. The minimum Gasteiger partial charge on any atom is -0.495 e. The van der Waals surface area contributed by atoms with Crippen LogP contribution < -0.4 is 9.46 Å². The van der Waals surface area contributed by atoms with E-state index in [2.05, 4.69) is 4.72 Å². The van der Waals surface area contributed by atoms with Crippen LogP contribution in [-0.2, 0) is 10.0 Å². The molecule has 1 amide bonds. The normalized spacial score (nSPS) is 14.9. The van der Waals surface area contributed by atoms with Gasteiger partial charge in [0.2, 0.25) is 10.0 Å². The maximum atomic E-state index is 12.8. The highest BCUT2D eigenvalue weighted by Gasteiger charge is 2.34. The van der Waals surface area contributed by atoms with Crippen LogP contribution in [0.4, 0.5) is 13.2 Å². The second-order valence-electron chi connectivity index (χ2n) is 6.46. The zero-order chi connectivity index (χ0) is 20.2. The van der Waals surface area contributed by atoms with Crippen molar-refractivity contribution in [3.63, 3.8) is 0 Å². The van der Waals surface area contributed by atoms with Crippen LogP contribution in [0.1, 0.15) is 43.0 Å². The van der Waals surface area contributed by atoms with E-state index in [0.29, 0.717) is 17.7 Å². The van der Waals surface area contributed by atoms with Gasteiger partial charge in [0.25, 0.3) is 5.91 Å². The molecule has 1 aliphatic rings. The number of nitrogens with zero attached hydrogens (tertiary/aromatic N) is 1. The van der Waals surface area contributed by atoms with Gasteiger partial charge in [-0.05, 0) is 37.5 Å². The van der Waals surface area contributed by atoms with Crippen molar-refractivity contribution >= 4 is 15.9 Å². The number of amides is 1. The number of sulfonamides is 1. The summed E-state index contributed by atoms with van der Waals surface area (Å²) < 4.78 is 71.0. The van der Waals surface area contributed by atoms with E-state index in [0.717, 1.165) is 18.9 Å². The number of carbonyl (C=O) groups is 1. The van der Waals surface area contributed by atoms with E-state index in [1.807, 2.05) is 0 Å². The first-order valence-electron chi connectivity index (χ1n) is 8.63. The molecule has 1 N–H and O–H groups in total. The summed E-state index contributed by atoms with van der Waals surface area (Å²) in [7, 11) is -2.66. The molecule has 0 spiro atoms. The molecule has 0 bridgehead atoms.